The molecule has 1 N–H and O–H groups in total. The minimum absolute atomic E-state index is 0.00874. The summed E-state index contributed by atoms with van der Waals surface area (Å²) in [6, 6.07) is 0. The maximum Gasteiger partial charge on any atom is 0.306 e. The van der Waals surface area contributed by atoms with E-state index in [1.165, 1.54) is 7.11 Å². The Balaban J connectivity index is 1.78. The Hall–Kier alpha value is -1.79. The summed E-state index contributed by atoms with van der Waals surface area (Å²) in [6.45, 7) is 7.93. The molecule has 4 aliphatic rings. The molecule has 3 saturated carbocycles. The molecule has 6 nitrogen and oxygen atoms in total. The summed E-state index contributed by atoms with van der Waals surface area (Å²) in [5, 5.41) is 11.6. The molecular weight excluding hydrogens is 408 g/mol. The second kappa shape index (κ2) is 7.91. The number of carbonyl (C=O) groups is 3. The number of hydrogen-bond donors (Lipinski definition) is 1. The zero-order valence-electron chi connectivity index (χ0n) is 19.8. The van der Waals surface area contributed by atoms with Crippen LogP contribution in [0.1, 0.15) is 59.8 Å². The standard InChI is InChI=1S/C26H36O6/c1-6-22(30)32-26(21(29)14-31-5)10-8-18-17-11-15(2)19-12-16(27)7-9-24(19,3)23(17)20(28)13-25(18,26)4/h7,9,12,15,17-18,20,23,28H,6,8,10-11,13-14H2,1-5H3/t15-,17-,18-,20-,23+,24-,25-,26-/m0/s1. The van der Waals surface area contributed by atoms with Crippen LogP contribution in [0.3, 0.4) is 0 Å². The van der Waals surface area contributed by atoms with E-state index in [1.807, 2.05) is 13.0 Å². The molecule has 0 bridgehead atoms. The molecule has 0 aromatic rings. The molecule has 176 valence electrons. The molecule has 0 amide bonds. The summed E-state index contributed by atoms with van der Waals surface area (Å²) in [6.07, 6.45) is 7.34. The van der Waals surface area contributed by atoms with Crippen molar-refractivity contribution in [2.45, 2.75) is 71.5 Å². The Morgan fingerprint density at radius 2 is 2.00 bits per heavy atom. The molecule has 0 heterocycles. The summed E-state index contributed by atoms with van der Waals surface area (Å²) < 4.78 is 11.2. The lowest BCUT2D eigenvalue weighted by Gasteiger charge is -2.61. The number of fused-ring (bicyclic) bond motifs is 5. The highest BCUT2D eigenvalue weighted by Crippen LogP contribution is 2.68. The van der Waals surface area contributed by atoms with Crippen molar-refractivity contribution in [1.82, 2.24) is 0 Å². The van der Waals surface area contributed by atoms with Crippen molar-refractivity contribution in [3.63, 3.8) is 0 Å². The van der Waals surface area contributed by atoms with Crippen LogP contribution in [0.5, 0.6) is 0 Å². The zero-order valence-corrected chi connectivity index (χ0v) is 19.8. The van der Waals surface area contributed by atoms with Crippen molar-refractivity contribution in [3.8, 4) is 0 Å². The van der Waals surface area contributed by atoms with Crippen LogP contribution >= 0.6 is 0 Å². The van der Waals surface area contributed by atoms with Gasteiger partial charge < -0.3 is 14.6 Å². The van der Waals surface area contributed by atoms with E-state index < -0.39 is 28.5 Å². The number of hydrogen-bond acceptors (Lipinski definition) is 6. The topological polar surface area (TPSA) is 89.9 Å². The number of methoxy groups -OCH3 is 1. The predicted molar refractivity (Wildman–Crippen MR) is 119 cm³/mol. The number of allylic oxidation sites excluding steroid dienone is 4. The Morgan fingerprint density at radius 1 is 1.28 bits per heavy atom. The van der Waals surface area contributed by atoms with E-state index in [4.69, 9.17) is 9.47 Å². The first-order valence-corrected chi connectivity index (χ1v) is 11.9. The quantitative estimate of drug-likeness (QED) is 0.654. The summed E-state index contributed by atoms with van der Waals surface area (Å²) in [4.78, 5) is 38.0. The van der Waals surface area contributed by atoms with E-state index in [0.29, 0.717) is 12.8 Å². The van der Waals surface area contributed by atoms with Gasteiger partial charge in [-0.15, -0.1) is 0 Å². The van der Waals surface area contributed by atoms with Crippen LogP contribution in [0.2, 0.25) is 0 Å². The fourth-order valence-corrected chi connectivity index (χ4v) is 7.93. The molecule has 0 aromatic heterocycles. The summed E-state index contributed by atoms with van der Waals surface area (Å²) in [5.41, 5.74) is -1.23. The van der Waals surface area contributed by atoms with Crippen LogP contribution in [-0.2, 0) is 23.9 Å². The number of aliphatic hydroxyl groups is 1. The van der Waals surface area contributed by atoms with E-state index in [2.05, 4.69) is 13.8 Å². The minimum Gasteiger partial charge on any atom is -0.450 e. The molecule has 0 unspecified atom stereocenters. The lowest BCUT2D eigenvalue weighted by molar-refractivity contribution is -0.201. The van der Waals surface area contributed by atoms with Crippen molar-refractivity contribution in [3.05, 3.63) is 23.8 Å². The molecule has 4 rings (SSSR count). The molecule has 3 fully saturated rings. The first kappa shape index (κ1) is 23.4. The second-order valence-electron chi connectivity index (χ2n) is 10.8. The third kappa shape index (κ3) is 3.09. The van der Waals surface area contributed by atoms with Gasteiger partial charge in [0.25, 0.3) is 0 Å². The fraction of sp³-hybridized carbons (Fsp3) is 0.731. The van der Waals surface area contributed by atoms with Gasteiger partial charge >= 0.3 is 5.97 Å². The van der Waals surface area contributed by atoms with Crippen molar-refractivity contribution < 1.29 is 29.0 Å². The normalized spacial score (nSPS) is 44.9. The van der Waals surface area contributed by atoms with Crippen LogP contribution in [-0.4, -0.2) is 48.1 Å². The van der Waals surface area contributed by atoms with Gasteiger partial charge in [0.05, 0.1) is 6.10 Å². The number of aliphatic hydroxyl groups excluding tert-OH is 1. The monoisotopic (exact) mass is 444 g/mol. The van der Waals surface area contributed by atoms with Crippen LogP contribution in [0.25, 0.3) is 0 Å². The van der Waals surface area contributed by atoms with Crippen LogP contribution < -0.4 is 0 Å². The van der Waals surface area contributed by atoms with Gasteiger partial charge in [0.1, 0.15) is 6.61 Å². The number of esters is 1. The largest absolute Gasteiger partial charge is 0.450 e. The first-order chi connectivity index (χ1) is 15.0. The zero-order chi connectivity index (χ0) is 23.5. The summed E-state index contributed by atoms with van der Waals surface area (Å²) in [7, 11) is 1.47. The molecule has 0 aromatic carbocycles. The summed E-state index contributed by atoms with van der Waals surface area (Å²) >= 11 is 0. The van der Waals surface area contributed by atoms with Gasteiger partial charge in [-0.2, -0.15) is 0 Å². The number of Topliss-reactive ketones (excluding diaryl/α,β-unsaturated/α-hetero) is 1. The molecule has 4 aliphatic carbocycles. The van der Waals surface area contributed by atoms with Gasteiger partial charge in [0.2, 0.25) is 5.78 Å². The highest BCUT2D eigenvalue weighted by molar-refractivity contribution is 6.01. The van der Waals surface area contributed by atoms with Gasteiger partial charge in [0, 0.05) is 30.3 Å². The maximum atomic E-state index is 13.4. The summed E-state index contributed by atoms with van der Waals surface area (Å²) in [5.74, 6) is -0.138. The van der Waals surface area contributed by atoms with Gasteiger partial charge in [-0.3, -0.25) is 14.4 Å². The molecule has 32 heavy (non-hydrogen) atoms. The SMILES string of the molecule is CCC(=O)O[C@]1(C(=O)COC)CC[C@H]2[C@@H]3C[C@H](C)C4=CC(=O)C=C[C@]4(C)[C@H]3[C@@H](O)C[C@@]21C. The van der Waals surface area contributed by atoms with Gasteiger partial charge in [-0.05, 0) is 55.6 Å². The third-order valence-corrected chi connectivity index (χ3v) is 9.24. The maximum absolute atomic E-state index is 13.4. The minimum atomic E-state index is -1.27. The van der Waals surface area contributed by atoms with E-state index in [9.17, 15) is 19.5 Å². The fourth-order valence-electron chi connectivity index (χ4n) is 7.93. The molecule has 0 radical (unpaired) electrons. The van der Waals surface area contributed by atoms with Crippen molar-refractivity contribution >= 4 is 17.5 Å². The Morgan fingerprint density at radius 3 is 2.66 bits per heavy atom. The van der Waals surface area contributed by atoms with E-state index in [0.717, 1.165) is 18.4 Å². The smallest absolute Gasteiger partial charge is 0.306 e. The average Bonchev–Trinajstić information content (AvgIpc) is 3.02. The van der Waals surface area contributed by atoms with Crippen LogP contribution in [0, 0.1) is 34.5 Å². The van der Waals surface area contributed by atoms with Gasteiger partial charge in [-0.1, -0.05) is 39.3 Å². The molecule has 0 aliphatic heterocycles. The van der Waals surface area contributed by atoms with E-state index in [1.54, 1.807) is 19.1 Å². The first-order valence-electron chi connectivity index (χ1n) is 11.9. The van der Waals surface area contributed by atoms with Crippen molar-refractivity contribution in [2.75, 3.05) is 13.7 Å². The van der Waals surface area contributed by atoms with Gasteiger partial charge in [0.15, 0.2) is 11.4 Å². The van der Waals surface area contributed by atoms with E-state index in [-0.39, 0.29) is 48.3 Å². The van der Waals surface area contributed by atoms with Crippen LogP contribution in [0.4, 0.5) is 0 Å². The number of carbonyl (C=O) groups excluding carboxylic acids is 3. The Labute approximate surface area is 190 Å². The molecule has 6 heteroatoms. The predicted octanol–water partition coefficient (Wildman–Crippen LogP) is 3.42. The van der Waals surface area contributed by atoms with E-state index >= 15 is 0 Å². The number of rotatable bonds is 5. The van der Waals surface area contributed by atoms with Gasteiger partial charge in [-0.25, -0.2) is 0 Å². The van der Waals surface area contributed by atoms with Crippen LogP contribution in [0.15, 0.2) is 23.8 Å². The molecular formula is C26H36O6. The average molecular weight is 445 g/mol. The number of ether oxygens (including phenoxy) is 2. The van der Waals surface area contributed by atoms with Crippen molar-refractivity contribution in [2.24, 2.45) is 34.5 Å². The molecule has 8 atom stereocenters. The Kier molecular flexibility index (Phi) is 5.78. The lowest BCUT2D eigenvalue weighted by Crippen LogP contribution is -2.63. The number of ketones is 2. The lowest BCUT2D eigenvalue weighted by atomic mass is 9.44. The highest BCUT2D eigenvalue weighted by Gasteiger charge is 2.70. The third-order valence-electron chi connectivity index (χ3n) is 9.24. The molecule has 0 saturated heterocycles. The Bertz CT molecular complexity index is 889. The van der Waals surface area contributed by atoms with Crippen molar-refractivity contribution in [1.29, 1.82) is 0 Å². The highest BCUT2D eigenvalue weighted by atomic mass is 16.6. The second-order valence-corrected chi connectivity index (χ2v) is 10.8. The molecule has 0 spiro atoms.